The molecule has 0 aliphatic carbocycles. The second kappa shape index (κ2) is 17.9. The second-order valence-electron chi connectivity index (χ2n) is 10.9. The van der Waals surface area contributed by atoms with Gasteiger partial charge in [-0.2, -0.15) is 0 Å². The first-order valence-electron chi connectivity index (χ1n) is 15.2. The summed E-state index contributed by atoms with van der Waals surface area (Å²) in [5, 5.41) is 5.16. The van der Waals surface area contributed by atoms with E-state index in [1.165, 1.54) is 76.8 Å². The predicted octanol–water partition coefficient (Wildman–Crippen LogP) is 9.59. The molecule has 0 fully saturated rings. The van der Waals surface area contributed by atoms with Gasteiger partial charge in [-0.05, 0) is 61.6 Å². The van der Waals surface area contributed by atoms with Crippen molar-refractivity contribution in [1.29, 1.82) is 0 Å². The van der Waals surface area contributed by atoms with Crippen LogP contribution in [-0.4, -0.2) is 29.1 Å². The lowest BCUT2D eigenvalue weighted by atomic mass is 10.1. The Bertz CT molecular complexity index is 1110. The minimum Gasteiger partial charge on any atom is -0.493 e. The summed E-state index contributed by atoms with van der Waals surface area (Å²) in [5.41, 5.74) is 4.04. The van der Waals surface area contributed by atoms with Crippen LogP contribution in [0.2, 0.25) is 0 Å². The molecule has 0 aromatic heterocycles. The Morgan fingerprint density at radius 1 is 0.900 bits per heavy atom. The first-order valence-corrected chi connectivity index (χ1v) is 16.2. The van der Waals surface area contributed by atoms with Crippen molar-refractivity contribution in [2.24, 2.45) is 0 Å². The maximum atomic E-state index is 13.0. The van der Waals surface area contributed by atoms with Crippen LogP contribution < -0.4 is 10.1 Å². The highest BCUT2D eigenvalue weighted by molar-refractivity contribution is 8.02. The van der Waals surface area contributed by atoms with Crippen LogP contribution in [0.1, 0.15) is 124 Å². The molecule has 1 aliphatic heterocycles. The van der Waals surface area contributed by atoms with Gasteiger partial charge in [0.05, 0.1) is 18.0 Å². The molecule has 0 saturated carbocycles. The van der Waals surface area contributed by atoms with Gasteiger partial charge >= 0.3 is 0 Å². The molecule has 1 amide bonds. The van der Waals surface area contributed by atoms with Gasteiger partial charge in [0.2, 0.25) is 0 Å². The third kappa shape index (κ3) is 11.0. The number of hydrogen-bond acceptors (Lipinski definition) is 5. The van der Waals surface area contributed by atoms with E-state index in [0.717, 1.165) is 36.5 Å². The normalized spacial score (nSPS) is 12.9. The number of nitrogens with one attached hydrogen (secondary N) is 1. The molecule has 2 aromatic rings. The number of ketones is 1. The van der Waals surface area contributed by atoms with E-state index in [0.29, 0.717) is 23.5 Å². The van der Waals surface area contributed by atoms with Crippen molar-refractivity contribution in [2.75, 3.05) is 17.8 Å². The maximum Gasteiger partial charge on any atom is 0.255 e. The van der Waals surface area contributed by atoms with Crippen LogP contribution in [0.15, 0.2) is 53.6 Å². The van der Waals surface area contributed by atoms with Gasteiger partial charge in [0.1, 0.15) is 5.75 Å². The number of carbonyl (C=O) groups is 2. The van der Waals surface area contributed by atoms with Gasteiger partial charge < -0.3 is 15.0 Å². The molecule has 0 unspecified atom stereocenters. The first-order chi connectivity index (χ1) is 19.5. The van der Waals surface area contributed by atoms with Crippen molar-refractivity contribution >= 4 is 29.1 Å². The number of benzene rings is 2. The lowest BCUT2D eigenvalue weighted by Gasteiger charge is -2.19. The maximum absolute atomic E-state index is 13.0. The minimum atomic E-state index is -0.236. The minimum absolute atomic E-state index is 0.103. The van der Waals surface area contributed by atoms with Crippen molar-refractivity contribution in [3.05, 3.63) is 70.3 Å². The molecule has 3 rings (SSSR count). The second-order valence-corrected chi connectivity index (χ2v) is 11.7. The van der Waals surface area contributed by atoms with Crippen LogP contribution in [0.5, 0.6) is 5.75 Å². The molecule has 1 N–H and O–H groups in total. The fraction of sp³-hybridized carbons (Fsp3) is 0.529. The van der Waals surface area contributed by atoms with Crippen LogP contribution >= 0.6 is 11.8 Å². The molecule has 1 heterocycles. The summed E-state index contributed by atoms with van der Waals surface area (Å²) < 4.78 is 5.97. The van der Waals surface area contributed by atoms with E-state index >= 15 is 0 Å². The number of allylic oxidation sites excluding steroid dienone is 1. The van der Waals surface area contributed by atoms with Crippen molar-refractivity contribution in [2.45, 2.75) is 104 Å². The van der Waals surface area contributed by atoms with Crippen LogP contribution in [-0.2, 0) is 6.54 Å². The van der Waals surface area contributed by atoms with Crippen molar-refractivity contribution in [3.8, 4) is 5.75 Å². The molecule has 0 spiro atoms. The monoisotopic (exact) mass is 564 g/mol. The van der Waals surface area contributed by atoms with Gasteiger partial charge in [-0.15, -0.1) is 11.8 Å². The number of carbonyl (C=O) groups excluding carboxylic acids is 2. The van der Waals surface area contributed by atoms with E-state index in [4.69, 9.17) is 4.74 Å². The average molecular weight is 565 g/mol. The van der Waals surface area contributed by atoms with Gasteiger partial charge in [0.25, 0.3) is 5.91 Å². The highest BCUT2D eigenvalue weighted by atomic mass is 32.2. The Balaban J connectivity index is 1.40. The molecule has 40 heavy (non-hydrogen) atoms. The number of amides is 1. The number of hydrogen-bond donors (Lipinski definition) is 1. The molecule has 0 atom stereocenters. The van der Waals surface area contributed by atoms with Crippen molar-refractivity contribution < 1.29 is 14.3 Å². The van der Waals surface area contributed by atoms with E-state index < -0.39 is 0 Å². The van der Waals surface area contributed by atoms with Crippen molar-refractivity contribution in [1.82, 2.24) is 4.90 Å². The fourth-order valence-electron chi connectivity index (χ4n) is 4.96. The summed E-state index contributed by atoms with van der Waals surface area (Å²) in [4.78, 5) is 27.7. The Morgan fingerprint density at radius 2 is 1.57 bits per heavy atom. The zero-order valence-corrected chi connectivity index (χ0v) is 25.6. The lowest BCUT2D eigenvalue weighted by molar-refractivity contribution is 0.101. The average Bonchev–Trinajstić information content (AvgIpc) is 3.35. The predicted molar refractivity (Wildman–Crippen MR) is 169 cm³/mol. The standard InChI is InChI=1S/C34H48N2O3S/c1-4-5-6-7-8-9-10-11-12-13-14-15-21-39-33-20-19-30(23-32(33)28(3)37)34(38)35-31-18-16-17-29(22-31)24-36-26-40-25-27(36)2/h16-20,22-23,25H,4-15,21,24,26H2,1-3H3,(H,35,38). The summed E-state index contributed by atoms with van der Waals surface area (Å²) in [5.74, 6) is 1.17. The quantitative estimate of drug-likeness (QED) is 0.136. The number of thioether (sulfide) groups is 1. The SMILES string of the molecule is CCCCCCCCCCCCCCOc1ccc(C(=O)Nc2cccc(CN3CSC=C3C)c2)cc1C(C)=O. The first kappa shape index (κ1) is 31.8. The number of Topliss-reactive ketones (excluding diaryl/α,β-unsaturated/α-hetero) is 1. The zero-order chi connectivity index (χ0) is 28.6. The topological polar surface area (TPSA) is 58.6 Å². The van der Waals surface area contributed by atoms with Crippen LogP contribution in [0.4, 0.5) is 5.69 Å². The molecule has 6 heteroatoms. The van der Waals surface area contributed by atoms with E-state index in [9.17, 15) is 9.59 Å². The van der Waals surface area contributed by atoms with Gasteiger partial charge in [-0.25, -0.2) is 0 Å². The van der Waals surface area contributed by atoms with Crippen LogP contribution in [0, 0.1) is 0 Å². The Labute approximate surface area is 246 Å². The zero-order valence-electron chi connectivity index (χ0n) is 24.8. The molecule has 5 nitrogen and oxygen atoms in total. The van der Waals surface area contributed by atoms with E-state index in [1.807, 2.05) is 18.2 Å². The Hall–Kier alpha value is -2.73. The number of rotatable bonds is 19. The number of ether oxygens (including phenoxy) is 1. The van der Waals surface area contributed by atoms with Crippen LogP contribution in [0.25, 0.3) is 0 Å². The van der Waals surface area contributed by atoms with E-state index in [2.05, 4.69) is 35.5 Å². The van der Waals surface area contributed by atoms with Crippen LogP contribution in [0.3, 0.4) is 0 Å². The van der Waals surface area contributed by atoms with Gasteiger partial charge in [-0.3, -0.25) is 9.59 Å². The van der Waals surface area contributed by atoms with Gasteiger partial charge in [-0.1, -0.05) is 89.7 Å². The lowest BCUT2D eigenvalue weighted by Crippen LogP contribution is -2.17. The third-order valence-corrected chi connectivity index (χ3v) is 8.39. The van der Waals surface area contributed by atoms with Gasteiger partial charge in [0.15, 0.2) is 5.78 Å². The van der Waals surface area contributed by atoms with E-state index in [-0.39, 0.29) is 11.7 Å². The summed E-state index contributed by atoms with van der Waals surface area (Å²) in [6.45, 7) is 7.29. The fourth-order valence-corrected chi connectivity index (χ4v) is 5.90. The number of anilines is 1. The largest absolute Gasteiger partial charge is 0.493 e. The smallest absolute Gasteiger partial charge is 0.255 e. The highest BCUT2D eigenvalue weighted by Crippen LogP contribution is 2.26. The summed E-state index contributed by atoms with van der Waals surface area (Å²) >= 11 is 1.80. The summed E-state index contributed by atoms with van der Waals surface area (Å²) in [6.07, 6.45) is 15.5. The Kier molecular flexibility index (Phi) is 14.2. The molecule has 0 bridgehead atoms. The molecule has 0 radical (unpaired) electrons. The Morgan fingerprint density at radius 3 is 2.20 bits per heavy atom. The molecular weight excluding hydrogens is 516 g/mol. The molecule has 0 saturated heterocycles. The third-order valence-electron chi connectivity index (χ3n) is 7.42. The molecule has 2 aromatic carbocycles. The summed E-state index contributed by atoms with van der Waals surface area (Å²) in [7, 11) is 0. The molecule has 218 valence electrons. The molecular formula is C34H48N2O3S. The number of unbranched alkanes of at least 4 members (excludes halogenated alkanes) is 11. The highest BCUT2D eigenvalue weighted by Gasteiger charge is 2.15. The van der Waals surface area contributed by atoms with Crippen molar-refractivity contribution in [3.63, 3.8) is 0 Å². The summed E-state index contributed by atoms with van der Waals surface area (Å²) in [6, 6.07) is 13.1. The van der Waals surface area contributed by atoms with Gasteiger partial charge in [0, 0.05) is 23.5 Å². The van der Waals surface area contributed by atoms with E-state index in [1.54, 1.807) is 30.0 Å². The number of nitrogens with zero attached hydrogens (tertiary/aromatic N) is 1. The molecule has 1 aliphatic rings.